The third-order valence-corrected chi connectivity index (χ3v) is 2.18. The van der Waals surface area contributed by atoms with Crippen LogP contribution in [0.15, 0.2) is 11.3 Å². The summed E-state index contributed by atoms with van der Waals surface area (Å²) in [6.45, 7) is 2.21. The fourth-order valence-electron chi connectivity index (χ4n) is 1.25. The highest BCUT2D eigenvalue weighted by molar-refractivity contribution is 5.20. The van der Waals surface area contributed by atoms with E-state index in [1.165, 1.54) is 31.3 Å². The lowest BCUT2D eigenvalue weighted by atomic mass is 10.1. The van der Waals surface area contributed by atoms with Gasteiger partial charge in [0, 0.05) is 6.42 Å². The first kappa shape index (κ1) is 8.63. The van der Waals surface area contributed by atoms with E-state index in [0.29, 0.717) is 5.76 Å². The summed E-state index contributed by atoms with van der Waals surface area (Å²) in [5.41, 5.74) is 1.31. The van der Waals surface area contributed by atoms with Crippen molar-refractivity contribution < 1.29 is 5.11 Å². The van der Waals surface area contributed by atoms with Crippen molar-refractivity contribution in [1.29, 1.82) is 0 Å². The fourth-order valence-corrected chi connectivity index (χ4v) is 1.25. The van der Waals surface area contributed by atoms with Gasteiger partial charge in [-0.05, 0) is 24.8 Å². The predicted molar refractivity (Wildman–Crippen MR) is 47.6 cm³/mol. The lowest BCUT2D eigenvalue weighted by Crippen LogP contribution is -1.82. The maximum atomic E-state index is 9.37. The summed E-state index contributed by atoms with van der Waals surface area (Å²) < 4.78 is 0. The highest BCUT2D eigenvalue weighted by Gasteiger charge is 2.16. The molecule has 0 saturated heterocycles. The van der Waals surface area contributed by atoms with Gasteiger partial charge in [-0.3, -0.25) is 0 Å². The Morgan fingerprint density at radius 1 is 1.27 bits per heavy atom. The third-order valence-electron chi connectivity index (χ3n) is 2.18. The van der Waals surface area contributed by atoms with Gasteiger partial charge in [0.25, 0.3) is 0 Å². The van der Waals surface area contributed by atoms with Crippen LogP contribution in [0.4, 0.5) is 0 Å². The molecule has 0 aliphatic heterocycles. The second-order valence-electron chi connectivity index (χ2n) is 3.36. The molecule has 0 bridgehead atoms. The lowest BCUT2D eigenvalue weighted by Gasteiger charge is -1.98. The number of allylic oxidation sites excluding steroid dienone is 2. The zero-order valence-electron chi connectivity index (χ0n) is 7.40. The molecule has 0 radical (unpaired) electrons. The molecule has 1 nitrogen and oxygen atoms in total. The molecule has 0 amide bonds. The average Bonchev–Trinajstić information content (AvgIpc) is 2.79. The molecule has 1 N–H and O–H groups in total. The molecule has 0 aromatic heterocycles. The SMILES string of the molecule is CCCCCCC(O)=C1CC1. The van der Waals surface area contributed by atoms with Crippen LogP contribution >= 0.6 is 0 Å². The van der Waals surface area contributed by atoms with Crippen LogP contribution in [-0.2, 0) is 0 Å². The topological polar surface area (TPSA) is 20.2 Å². The second-order valence-corrected chi connectivity index (χ2v) is 3.36. The summed E-state index contributed by atoms with van der Waals surface area (Å²) >= 11 is 0. The number of unbranched alkanes of at least 4 members (excludes halogenated alkanes) is 3. The van der Waals surface area contributed by atoms with E-state index in [2.05, 4.69) is 6.92 Å². The third kappa shape index (κ3) is 3.45. The van der Waals surface area contributed by atoms with E-state index < -0.39 is 0 Å². The Bertz CT molecular complexity index is 141. The first-order valence-electron chi connectivity index (χ1n) is 4.74. The molecule has 1 fully saturated rings. The van der Waals surface area contributed by atoms with Crippen molar-refractivity contribution in [2.24, 2.45) is 0 Å². The highest BCUT2D eigenvalue weighted by Crippen LogP contribution is 2.32. The van der Waals surface area contributed by atoms with Gasteiger partial charge in [0.2, 0.25) is 0 Å². The molecular weight excluding hydrogens is 136 g/mol. The quantitative estimate of drug-likeness (QED) is 0.474. The van der Waals surface area contributed by atoms with Gasteiger partial charge in [0.15, 0.2) is 0 Å². The minimum atomic E-state index is 0.695. The van der Waals surface area contributed by atoms with Gasteiger partial charge in [-0.1, -0.05) is 26.2 Å². The number of hydrogen-bond donors (Lipinski definition) is 1. The summed E-state index contributed by atoms with van der Waals surface area (Å²) in [6, 6.07) is 0. The molecule has 64 valence electrons. The highest BCUT2D eigenvalue weighted by atomic mass is 16.3. The van der Waals surface area contributed by atoms with Crippen molar-refractivity contribution in [3.63, 3.8) is 0 Å². The van der Waals surface area contributed by atoms with E-state index in [4.69, 9.17) is 0 Å². The molecule has 1 aliphatic carbocycles. The van der Waals surface area contributed by atoms with Crippen molar-refractivity contribution in [2.75, 3.05) is 0 Å². The standard InChI is InChI=1S/C10H18O/c1-2-3-4-5-6-10(11)9-7-8-9/h11H,2-8H2,1H3. The van der Waals surface area contributed by atoms with Crippen LogP contribution in [-0.4, -0.2) is 5.11 Å². The van der Waals surface area contributed by atoms with Gasteiger partial charge in [-0.25, -0.2) is 0 Å². The van der Waals surface area contributed by atoms with Gasteiger partial charge in [0.05, 0.1) is 5.76 Å². The van der Waals surface area contributed by atoms with Crippen molar-refractivity contribution >= 4 is 0 Å². The molecule has 0 atom stereocenters. The van der Waals surface area contributed by atoms with Crippen LogP contribution in [0.1, 0.15) is 51.9 Å². The van der Waals surface area contributed by atoms with E-state index in [1.807, 2.05) is 0 Å². The van der Waals surface area contributed by atoms with Gasteiger partial charge in [0.1, 0.15) is 0 Å². The molecule has 0 aromatic carbocycles. The Kier molecular flexibility index (Phi) is 3.47. The lowest BCUT2D eigenvalue weighted by molar-refractivity contribution is 0.378. The summed E-state index contributed by atoms with van der Waals surface area (Å²) in [5, 5.41) is 9.37. The van der Waals surface area contributed by atoms with Crippen LogP contribution in [0, 0.1) is 0 Å². The fraction of sp³-hybridized carbons (Fsp3) is 0.800. The Labute approximate surface area is 69.1 Å². The van der Waals surface area contributed by atoms with Crippen LogP contribution in [0.3, 0.4) is 0 Å². The smallest absolute Gasteiger partial charge is 0.0914 e. The number of hydrogen-bond acceptors (Lipinski definition) is 1. The van der Waals surface area contributed by atoms with Crippen molar-refractivity contribution in [1.82, 2.24) is 0 Å². The predicted octanol–water partition coefficient (Wildman–Crippen LogP) is 3.56. The van der Waals surface area contributed by atoms with Gasteiger partial charge >= 0.3 is 0 Å². The maximum absolute atomic E-state index is 9.37. The summed E-state index contributed by atoms with van der Waals surface area (Å²) in [6.07, 6.45) is 8.26. The van der Waals surface area contributed by atoms with E-state index in [0.717, 1.165) is 19.3 Å². The monoisotopic (exact) mass is 154 g/mol. The molecule has 11 heavy (non-hydrogen) atoms. The second kappa shape index (κ2) is 4.42. The molecule has 0 unspecified atom stereocenters. The first-order valence-corrected chi connectivity index (χ1v) is 4.74. The van der Waals surface area contributed by atoms with Crippen LogP contribution in [0.5, 0.6) is 0 Å². The minimum Gasteiger partial charge on any atom is -0.512 e. The zero-order valence-corrected chi connectivity index (χ0v) is 7.40. The first-order chi connectivity index (χ1) is 5.34. The van der Waals surface area contributed by atoms with Crippen molar-refractivity contribution in [2.45, 2.75) is 51.9 Å². The largest absolute Gasteiger partial charge is 0.512 e. The van der Waals surface area contributed by atoms with E-state index in [1.54, 1.807) is 0 Å². The maximum Gasteiger partial charge on any atom is 0.0914 e. The van der Waals surface area contributed by atoms with E-state index >= 15 is 0 Å². The van der Waals surface area contributed by atoms with Gasteiger partial charge in [-0.15, -0.1) is 0 Å². The van der Waals surface area contributed by atoms with Gasteiger partial charge in [-0.2, -0.15) is 0 Å². The Morgan fingerprint density at radius 3 is 2.55 bits per heavy atom. The minimum absolute atomic E-state index is 0.695. The number of aliphatic hydroxyl groups excluding tert-OH is 1. The van der Waals surface area contributed by atoms with E-state index in [-0.39, 0.29) is 0 Å². The van der Waals surface area contributed by atoms with Crippen molar-refractivity contribution in [3.8, 4) is 0 Å². The average molecular weight is 154 g/mol. The zero-order chi connectivity index (χ0) is 8.10. The van der Waals surface area contributed by atoms with Gasteiger partial charge < -0.3 is 5.11 Å². The molecule has 0 spiro atoms. The molecule has 1 heteroatoms. The molecule has 1 rings (SSSR count). The van der Waals surface area contributed by atoms with Crippen LogP contribution < -0.4 is 0 Å². The summed E-state index contributed by atoms with van der Waals surface area (Å²) in [4.78, 5) is 0. The summed E-state index contributed by atoms with van der Waals surface area (Å²) in [5.74, 6) is 0.695. The van der Waals surface area contributed by atoms with Crippen molar-refractivity contribution in [3.05, 3.63) is 11.3 Å². The molecule has 0 aromatic rings. The Balaban J connectivity index is 1.98. The Morgan fingerprint density at radius 2 is 2.00 bits per heavy atom. The van der Waals surface area contributed by atoms with Crippen LogP contribution in [0.2, 0.25) is 0 Å². The van der Waals surface area contributed by atoms with Crippen LogP contribution in [0.25, 0.3) is 0 Å². The molecule has 1 saturated carbocycles. The normalized spacial score (nSPS) is 15.2. The Hall–Kier alpha value is -0.460. The molecule has 0 heterocycles. The number of aliphatic hydroxyl groups is 1. The number of rotatable bonds is 5. The molecular formula is C10H18O. The summed E-state index contributed by atoms with van der Waals surface area (Å²) in [7, 11) is 0. The van der Waals surface area contributed by atoms with E-state index in [9.17, 15) is 5.11 Å². The molecule has 1 aliphatic rings.